The van der Waals surface area contributed by atoms with Crippen LogP contribution in [-0.4, -0.2) is 62.4 Å². The molecule has 0 saturated heterocycles. The van der Waals surface area contributed by atoms with Gasteiger partial charge in [-0.2, -0.15) is 0 Å². The molecule has 3 atom stereocenters. The largest absolute Gasteiger partial charge is 0.477 e. The third-order valence-electron chi connectivity index (χ3n) is 6.24. The fourth-order valence-corrected chi connectivity index (χ4v) is 4.85. The molecule has 3 unspecified atom stereocenters. The van der Waals surface area contributed by atoms with Gasteiger partial charge in [-0.15, -0.1) is 6.58 Å². The second-order valence-corrected chi connectivity index (χ2v) is 8.49. The number of carboxylic acid groups (broad SMARTS) is 3. The molecule has 0 aromatic carbocycles. The van der Waals surface area contributed by atoms with Crippen molar-refractivity contribution in [3.8, 4) is 0 Å². The third kappa shape index (κ3) is 8.63. The van der Waals surface area contributed by atoms with Crippen LogP contribution >= 0.6 is 0 Å². The van der Waals surface area contributed by atoms with Crippen molar-refractivity contribution >= 4 is 17.9 Å². The van der Waals surface area contributed by atoms with Crippen LogP contribution in [0.15, 0.2) is 12.7 Å². The van der Waals surface area contributed by atoms with Crippen molar-refractivity contribution in [2.45, 2.75) is 116 Å². The van der Waals surface area contributed by atoms with E-state index < -0.39 is 36.0 Å². The monoisotopic (exact) mass is 442 g/mol. The zero-order valence-corrected chi connectivity index (χ0v) is 19.7. The van der Waals surface area contributed by atoms with E-state index in [0.717, 1.165) is 32.1 Å². The van der Waals surface area contributed by atoms with E-state index in [-0.39, 0.29) is 30.3 Å². The van der Waals surface area contributed by atoms with Crippen LogP contribution in [0.1, 0.15) is 97.8 Å². The lowest BCUT2D eigenvalue weighted by Crippen LogP contribution is -2.72. The Bertz CT molecular complexity index is 502. The Morgan fingerprint density at radius 1 is 0.710 bits per heavy atom. The molecule has 0 amide bonds. The molecular weight excluding hydrogens is 398 g/mol. The number of hydrogen-bond donors (Lipinski definition) is 3. The summed E-state index contributed by atoms with van der Waals surface area (Å²) >= 11 is 0. The summed E-state index contributed by atoms with van der Waals surface area (Å²) in [4.78, 5) is 37.2. The number of allylic oxidation sites excluding steroid dienone is 1. The Labute approximate surface area is 187 Å². The van der Waals surface area contributed by atoms with Gasteiger partial charge in [0.25, 0.3) is 0 Å². The summed E-state index contributed by atoms with van der Waals surface area (Å²) in [7, 11) is 0. The lowest BCUT2D eigenvalue weighted by Gasteiger charge is -2.50. The first-order valence-corrected chi connectivity index (χ1v) is 11.9. The van der Waals surface area contributed by atoms with E-state index in [1.54, 1.807) is 0 Å². The van der Waals surface area contributed by atoms with E-state index >= 15 is 0 Å². The molecule has 0 aliphatic heterocycles. The molecule has 180 valence electrons. The highest BCUT2D eigenvalue weighted by Gasteiger charge is 2.56. The molecule has 31 heavy (non-hydrogen) atoms. The first kappa shape index (κ1) is 29.1. The number of aliphatic carboxylic acids is 3. The van der Waals surface area contributed by atoms with Crippen LogP contribution in [0.25, 0.3) is 0 Å². The maximum atomic E-state index is 12.4. The molecule has 0 radical (unpaired) electrons. The van der Waals surface area contributed by atoms with Crippen LogP contribution in [0.2, 0.25) is 0 Å². The maximum Gasteiger partial charge on any atom is 0.362 e. The third-order valence-corrected chi connectivity index (χ3v) is 6.24. The van der Waals surface area contributed by atoms with Crippen molar-refractivity contribution in [1.82, 2.24) is 0 Å². The molecule has 0 heterocycles. The molecular formula is C24H44NO6+. The van der Waals surface area contributed by atoms with E-state index in [1.165, 1.54) is 0 Å². The molecule has 7 heteroatoms. The average molecular weight is 443 g/mol. The van der Waals surface area contributed by atoms with Crippen LogP contribution in [-0.2, 0) is 14.4 Å². The summed E-state index contributed by atoms with van der Waals surface area (Å²) in [5.41, 5.74) is 0. The van der Waals surface area contributed by atoms with E-state index in [4.69, 9.17) is 0 Å². The molecule has 7 nitrogen and oxygen atoms in total. The predicted molar refractivity (Wildman–Crippen MR) is 122 cm³/mol. The second-order valence-electron chi connectivity index (χ2n) is 8.49. The molecule has 0 bridgehead atoms. The highest BCUT2D eigenvalue weighted by molar-refractivity contribution is 5.78. The standard InChI is InChI=1S/C24H43NO6/c1-5-9-10-11-12-13-14-18-25(19(15-6-2)22(26)27,20(16-7-3)23(28)29)21(17-8-4)24(30)31/h5,19-21H,1,6-18H2,2-4H3,(H2-,26,27,28,29,30,31)/p+1. The minimum atomic E-state index is -1.10. The van der Waals surface area contributed by atoms with Gasteiger partial charge in [-0.05, 0) is 44.9 Å². The first-order chi connectivity index (χ1) is 14.7. The van der Waals surface area contributed by atoms with Crippen molar-refractivity contribution in [2.75, 3.05) is 6.54 Å². The second kappa shape index (κ2) is 15.8. The normalized spacial score (nSPS) is 16.1. The Balaban J connectivity index is 6.26. The fourth-order valence-electron chi connectivity index (χ4n) is 4.85. The van der Waals surface area contributed by atoms with E-state index in [0.29, 0.717) is 25.7 Å². The average Bonchev–Trinajstić information content (AvgIpc) is 2.71. The van der Waals surface area contributed by atoms with Gasteiger partial charge in [0.05, 0.1) is 6.54 Å². The molecule has 0 aromatic rings. The van der Waals surface area contributed by atoms with Gasteiger partial charge in [-0.25, -0.2) is 14.4 Å². The Morgan fingerprint density at radius 2 is 1.06 bits per heavy atom. The Kier molecular flexibility index (Phi) is 14.9. The van der Waals surface area contributed by atoms with Crippen LogP contribution in [0, 0.1) is 0 Å². The lowest BCUT2D eigenvalue weighted by atomic mass is 9.91. The van der Waals surface area contributed by atoms with Crippen molar-refractivity contribution in [3.05, 3.63) is 12.7 Å². The smallest absolute Gasteiger partial charge is 0.362 e. The minimum absolute atomic E-state index is 0.256. The lowest BCUT2D eigenvalue weighted by molar-refractivity contribution is -0.973. The van der Waals surface area contributed by atoms with Gasteiger partial charge in [-0.1, -0.05) is 39.7 Å². The van der Waals surface area contributed by atoms with Gasteiger partial charge in [0.1, 0.15) is 0 Å². The fraction of sp³-hybridized carbons (Fsp3) is 0.792. The highest BCUT2D eigenvalue weighted by atomic mass is 16.4. The zero-order chi connectivity index (χ0) is 23.9. The van der Waals surface area contributed by atoms with E-state index in [9.17, 15) is 29.7 Å². The van der Waals surface area contributed by atoms with E-state index in [1.807, 2.05) is 26.8 Å². The Hall–Kier alpha value is -1.89. The van der Waals surface area contributed by atoms with Crippen LogP contribution in [0.5, 0.6) is 0 Å². The SMILES string of the molecule is C=CCCCCCCC[N+](C(CCC)C(=O)O)(C(CCC)C(=O)O)C(CCC)C(=O)O. The van der Waals surface area contributed by atoms with Gasteiger partial charge in [0, 0.05) is 19.3 Å². The van der Waals surface area contributed by atoms with Crippen molar-refractivity contribution in [1.29, 1.82) is 0 Å². The van der Waals surface area contributed by atoms with Gasteiger partial charge in [-0.3, -0.25) is 4.48 Å². The van der Waals surface area contributed by atoms with Gasteiger partial charge in [0.15, 0.2) is 18.1 Å². The van der Waals surface area contributed by atoms with Crippen LogP contribution in [0.3, 0.4) is 0 Å². The number of rotatable bonds is 20. The van der Waals surface area contributed by atoms with Crippen molar-refractivity contribution in [2.24, 2.45) is 0 Å². The zero-order valence-electron chi connectivity index (χ0n) is 19.7. The van der Waals surface area contributed by atoms with Gasteiger partial charge < -0.3 is 15.3 Å². The summed E-state index contributed by atoms with van der Waals surface area (Å²) in [6.45, 7) is 9.54. The molecule has 0 rings (SSSR count). The molecule has 3 N–H and O–H groups in total. The number of hydrogen-bond acceptors (Lipinski definition) is 3. The Morgan fingerprint density at radius 3 is 1.39 bits per heavy atom. The summed E-state index contributed by atoms with van der Waals surface area (Å²) in [5, 5.41) is 30.4. The minimum Gasteiger partial charge on any atom is -0.477 e. The first-order valence-electron chi connectivity index (χ1n) is 11.9. The molecule has 0 aromatic heterocycles. The number of quaternary nitrogens is 1. The van der Waals surface area contributed by atoms with Crippen LogP contribution < -0.4 is 0 Å². The molecule has 0 spiro atoms. The molecule has 0 aliphatic rings. The number of nitrogens with zero attached hydrogens (tertiary/aromatic N) is 1. The summed E-state index contributed by atoms with van der Waals surface area (Å²) < 4.78 is -0.387. The summed E-state index contributed by atoms with van der Waals surface area (Å²) in [6.07, 6.45) is 9.73. The van der Waals surface area contributed by atoms with Crippen molar-refractivity contribution < 1.29 is 34.2 Å². The van der Waals surface area contributed by atoms with E-state index in [2.05, 4.69) is 6.58 Å². The predicted octanol–water partition coefficient (Wildman–Crippen LogP) is 5.09. The summed E-state index contributed by atoms with van der Waals surface area (Å²) in [5.74, 6) is -3.30. The molecule has 0 fully saturated rings. The number of carbonyl (C=O) groups is 3. The molecule has 0 saturated carbocycles. The topological polar surface area (TPSA) is 112 Å². The quantitative estimate of drug-likeness (QED) is 0.138. The number of carboxylic acids is 3. The van der Waals surface area contributed by atoms with Crippen molar-refractivity contribution in [3.63, 3.8) is 0 Å². The summed E-state index contributed by atoms with van der Waals surface area (Å²) in [6, 6.07) is -3.15. The van der Waals surface area contributed by atoms with Gasteiger partial charge in [0.2, 0.25) is 0 Å². The van der Waals surface area contributed by atoms with Crippen LogP contribution in [0.4, 0.5) is 0 Å². The number of unbranched alkanes of at least 4 members (excludes halogenated alkanes) is 5. The highest BCUT2D eigenvalue weighted by Crippen LogP contribution is 2.34. The molecule has 0 aliphatic carbocycles. The maximum absolute atomic E-state index is 12.4. The van der Waals surface area contributed by atoms with Gasteiger partial charge >= 0.3 is 17.9 Å².